The number of nitrogens with zero attached hydrogens (tertiary/aromatic N) is 2. The smallest absolute Gasteiger partial charge is 0.416 e. The van der Waals surface area contributed by atoms with Gasteiger partial charge in [0.1, 0.15) is 5.75 Å². The molecule has 2 heterocycles. The van der Waals surface area contributed by atoms with Crippen molar-refractivity contribution in [2.45, 2.75) is 44.7 Å². The van der Waals surface area contributed by atoms with Crippen LogP contribution >= 0.6 is 0 Å². The standard InChI is InChI=1S/C33H35F3N2O3/c34-33(35,36)27-8-5-7-26(22-27)28-9-2-3-10-29(28)32(41)38-20-16-24(17-21-38)23-14-18-37(19-15-23)31(40)13-12-25-6-1-4-11-30(25)39/h1-11,22-24,39H,12-21H2. The lowest BCUT2D eigenvalue weighted by atomic mass is 9.78. The number of amides is 2. The maximum absolute atomic E-state index is 13.5. The first-order valence-corrected chi connectivity index (χ1v) is 14.3. The number of halogens is 3. The highest BCUT2D eigenvalue weighted by Gasteiger charge is 2.33. The van der Waals surface area contributed by atoms with Crippen LogP contribution in [0.2, 0.25) is 0 Å². The van der Waals surface area contributed by atoms with E-state index >= 15 is 0 Å². The van der Waals surface area contributed by atoms with Crippen LogP contribution in [0.3, 0.4) is 0 Å². The molecule has 2 fully saturated rings. The molecule has 8 heteroatoms. The van der Waals surface area contributed by atoms with Crippen LogP contribution < -0.4 is 0 Å². The maximum atomic E-state index is 13.5. The van der Waals surface area contributed by atoms with E-state index in [1.54, 1.807) is 42.5 Å². The maximum Gasteiger partial charge on any atom is 0.416 e. The number of aryl methyl sites for hydroxylation is 1. The molecule has 0 aliphatic carbocycles. The number of alkyl halides is 3. The third-order valence-corrected chi connectivity index (χ3v) is 8.64. The largest absolute Gasteiger partial charge is 0.508 e. The molecule has 0 bridgehead atoms. The molecule has 41 heavy (non-hydrogen) atoms. The number of rotatable bonds is 6. The second kappa shape index (κ2) is 12.4. The summed E-state index contributed by atoms with van der Waals surface area (Å²) < 4.78 is 39.9. The van der Waals surface area contributed by atoms with E-state index in [2.05, 4.69) is 0 Å². The molecule has 1 N–H and O–H groups in total. The van der Waals surface area contributed by atoms with E-state index < -0.39 is 11.7 Å². The zero-order valence-corrected chi connectivity index (χ0v) is 22.9. The van der Waals surface area contributed by atoms with Gasteiger partial charge < -0.3 is 14.9 Å². The quantitative estimate of drug-likeness (QED) is 0.358. The summed E-state index contributed by atoms with van der Waals surface area (Å²) in [6, 6.07) is 19.1. The first-order valence-electron chi connectivity index (χ1n) is 14.3. The lowest BCUT2D eigenvalue weighted by Gasteiger charge is -2.40. The van der Waals surface area contributed by atoms with Gasteiger partial charge in [-0.25, -0.2) is 0 Å². The van der Waals surface area contributed by atoms with Crippen molar-refractivity contribution < 1.29 is 27.9 Å². The first-order chi connectivity index (χ1) is 19.7. The van der Waals surface area contributed by atoms with Crippen molar-refractivity contribution in [3.05, 3.63) is 89.5 Å². The number of carbonyl (C=O) groups is 2. The van der Waals surface area contributed by atoms with Crippen molar-refractivity contribution in [1.29, 1.82) is 0 Å². The van der Waals surface area contributed by atoms with Gasteiger partial charge in [-0.15, -0.1) is 0 Å². The zero-order valence-electron chi connectivity index (χ0n) is 22.9. The van der Waals surface area contributed by atoms with Crippen LogP contribution in [0.15, 0.2) is 72.8 Å². The molecule has 2 aliphatic heterocycles. The highest BCUT2D eigenvalue weighted by atomic mass is 19.4. The third-order valence-electron chi connectivity index (χ3n) is 8.64. The number of hydrogen-bond donors (Lipinski definition) is 1. The fourth-order valence-electron chi connectivity index (χ4n) is 6.27. The Hall–Kier alpha value is -3.81. The van der Waals surface area contributed by atoms with E-state index in [9.17, 15) is 27.9 Å². The molecule has 216 valence electrons. The minimum atomic E-state index is -4.45. The lowest BCUT2D eigenvalue weighted by molar-refractivity contribution is -0.137. The molecule has 3 aromatic rings. The Balaban J connectivity index is 1.14. The molecule has 5 rings (SSSR count). The van der Waals surface area contributed by atoms with Crippen LogP contribution in [-0.2, 0) is 17.4 Å². The molecule has 0 atom stereocenters. The fraction of sp³-hybridized carbons (Fsp3) is 0.394. The monoisotopic (exact) mass is 564 g/mol. The molecular weight excluding hydrogens is 529 g/mol. The third kappa shape index (κ3) is 6.75. The Labute approximate surface area is 238 Å². The van der Waals surface area contributed by atoms with Gasteiger partial charge in [0.05, 0.1) is 5.56 Å². The number of para-hydroxylation sites is 1. The molecule has 0 radical (unpaired) electrons. The van der Waals surface area contributed by atoms with Gasteiger partial charge in [-0.3, -0.25) is 9.59 Å². The second-order valence-corrected chi connectivity index (χ2v) is 11.1. The van der Waals surface area contributed by atoms with E-state index in [0.29, 0.717) is 54.5 Å². The summed E-state index contributed by atoms with van der Waals surface area (Å²) in [5.41, 5.74) is 1.35. The Kier molecular flexibility index (Phi) is 8.66. The Bertz CT molecular complexity index is 1370. The molecule has 0 spiro atoms. The van der Waals surface area contributed by atoms with Crippen molar-refractivity contribution in [3.63, 3.8) is 0 Å². The van der Waals surface area contributed by atoms with E-state index in [4.69, 9.17) is 0 Å². The van der Waals surface area contributed by atoms with Gasteiger partial charge in [0, 0.05) is 38.2 Å². The van der Waals surface area contributed by atoms with Crippen LogP contribution in [0.1, 0.15) is 53.6 Å². The normalized spacial score (nSPS) is 17.0. The van der Waals surface area contributed by atoms with Crippen molar-refractivity contribution in [2.24, 2.45) is 11.8 Å². The minimum absolute atomic E-state index is 0.117. The van der Waals surface area contributed by atoms with E-state index in [0.717, 1.165) is 56.5 Å². The summed E-state index contributed by atoms with van der Waals surface area (Å²) in [6.07, 6.45) is 0.0946. The van der Waals surface area contributed by atoms with E-state index in [-0.39, 0.29) is 17.6 Å². The molecule has 0 saturated carbocycles. The Morgan fingerprint density at radius 2 is 1.39 bits per heavy atom. The number of carbonyl (C=O) groups excluding carboxylic acids is 2. The molecule has 0 aromatic heterocycles. The summed E-state index contributed by atoms with van der Waals surface area (Å²) in [4.78, 5) is 30.0. The van der Waals surface area contributed by atoms with Crippen LogP contribution in [0.4, 0.5) is 13.2 Å². The molecular formula is C33H35F3N2O3. The molecule has 2 amide bonds. The minimum Gasteiger partial charge on any atom is -0.508 e. The molecule has 2 saturated heterocycles. The fourth-order valence-corrected chi connectivity index (χ4v) is 6.27. The average molecular weight is 565 g/mol. The summed E-state index contributed by atoms with van der Waals surface area (Å²) in [6.45, 7) is 2.68. The number of aromatic hydroxyl groups is 1. The number of piperidine rings is 2. The molecule has 0 unspecified atom stereocenters. The van der Waals surface area contributed by atoms with Crippen LogP contribution in [0.5, 0.6) is 5.75 Å². The summed E-state index contributed by atoms with van der Waals surface area (Å²) in [7, 11) is 0. The number of phenols is 1. The molecule has 5 nitrogen and oxygen atoms in total. The van der Waals surface area contributed by atoms with Crippen molar-refractivity contribution >= 4 is 11.8 Å². The van der Waals surface area contributed by atoms with Crippen molar-refractivity contribution in [2.75, 3.05) is 26.2 Å². The number of likely N-dealkylation sites (tertiary alicyclic amines) is 2. The van der Waals surface area contributed by atoms with Crippen molar-refractivity contribution in [1.82, 2.24) is 9.80 Å². The highest BCUT2D eigenvalue weighted by Crippen LogP contribution is 2.36. The van der Waals surface area contributed by atoms with Crippen LogP contribution in [0, 0.1) is 11.8 Å². The number of phenolic OH excluding ortho intramolecular Hbond substituents is 1. The summed E-state index contributed by atoms with van der Waals surface area (Å²) >= 11 is 0. The molecule has 2 aliphatic rings. The predicted molar refractivity (Wildman–Crippen MR) is 151 cm³/mol. The molecule has 3 aromatic carbocycles. The zero-order chi connectivity index (χ0) is 29.0. The average Bonchev–Trinajstić information content (AvgIpc) is 3.00. The van der Waals surface area contributed by atoms with E-state index in [1.807, 2.05) is 21.9 Å². The Morgan fingerprint density at radius 1 is 0.780 bits per heavy atom. The van der Waals surface area contributed by atoms with Gasteiger partial charge in [0.25, 0.3) is 5.91 Å². The van der Waals surface area contributed by atoms with Gasteiger partial charge in [-0.05, 0) is 84.9 Å². The van der Waals surface area contributed by atoms with Gasteiger partial charge in [0.15, 0.2) is 0 Å². The second-order valence-electron chi connectivity index (χ2n) is 11.1. The highest BCUT2D eigenvalue weighted by molar-refractivity contribution is 6.01. The lowest BCUT2D eigenvalue weighted by Crippen LogP contribution is -2.44. The van der Waals surface area contributed by atoms with Gasteiger partial charge in [-0.2, -0.15) is 13.2 Å². The SMILES string of the molecule is O=C(CCc1ccccc1O)N1CCC(C2CCN(C(=O)c3ccccc3-c3cccc(C(F)(F)F)c3)CC2)CC1. The number of benzene rings is 3. The first kappa shape index (κ1) is 28.7. The van der Waals surface area contributed by atoms with Gasteiger partial charge in [0.2, 0.25) is 5.91 Å². The van der Waals surface area contributed by atoms with Gasteiger partial charge >= 0.3 is 6.18 Å². The summed E-state index contributed by atoms with van der Waals surface area (Å²) in [5, 5.41) is 9.95. The van der Waals surface area contributed by atoms with E-state index in [1.165, 1.54) is 6.07 Å². The topological polar surface area (TPSA) is 60.9 Å². The van der Waals surface area contributed by atoms with Crippen LogP contribution in [0.25, 0.3) is 11.1 Å². The Morgan fingerprint density at radius 3 is 2.05 bits per heavy atom. The van der Waals surface area contributed by atoms with Gasteiger partial charge in [-0.1, -0.05) is 48.5 Å². The number of hydrogen-bond acceptors (Lipinski definition) is 3. The summed E-state index contributed by atoms with van der Waals surface area (Å²) in [5.74, 6) is 1.18. The van der Waals surface area contributed by atoms with Crippen LogP contribution in [-0.4, -0.2) is 52.9 Å². The van der Waals surface area contributed by atoms with Crippen molar-refractivity contribution in [3.8, 4) is 16.9 Å². The predicted octanol–water partition coefficient (Wildman–Crippen LogP) is 6.80.